The van der Waals surface area contributed by atoms with Crippen molar-refractivity contribution in [2.45, 2.75) is 0 Å². The Kier molecular flexibility index (Phi) is 3.79. The van der Waals surface area contributed by atoms with Crippen LogP contribution < -0.4 is 5.32 Å². The fraction of sp³-hybridized carbons (Fsp3) is 0. The van der Waals surface area contributed by atoms with Gasteiger partial charge in [-0.05, 0) is 30.3 Å². The quantitative estimate of drug-likeness (QED) is 0.853. The van der Waals surface area contributed by atoms with Gasteiger partial charge in [0, 0.05) is 5.02 Å². The molecule has 92 valence electrons. The minimum atomic E-state index is -0.613. The smallest absolute Gasteiger partial charge is 0.274 e. The number of benzene rings is 1. The first-order valence-electron chi connectivity index (χ1n) is 4.95. The number of pyridine rings is 1. The van der Waals surface area contributed by atoms with Crippen molar-refractivity contribution in [3.63, 3.8) is 0 Å². The number of amides is 1. The third-order valence-electron chi connectivity index (χ3n) is 2.13. The maximum atomic E-state index is 13.5. The van der Waals surface area contributed by atoms with E-state index >= 15 is 0 Å². The number of nitrogens with zero attached hydrogens (tertiary/aromatic N) is 1. The van der Waals surface area contributed by atoms with E-state index in [2.05, 4.69) is 10.3 Å². The first-order valence-corrected chi connectivity index (χ1v) is 5.71. The van der Waals surface area contributed by atoms with E-state index in [1.165, 1.54) is 18.2 Å². The van der Waals surface area contributed by atoms with Crippen LogP contribution >= 0.6 is 23.2 Å². The predicted octanol–water partition coefficient (Wildman–Crippen LogP) is 3.78. The normalized spacial score (nSPS) is 10.2. The lowest BCUT2D eigenvalue weighted by Gasteiger charge is -2.06. The molecule has 2 aromatic rings. The summed E-state index contributed by atoms with van der Waals surface area (Å²) >= 11 is 11.3. The van der Waals surface area contributed by atoms with Gasteiger partial charge in [-0.3, -0.25) is 4.79 Å². The van der Waals surface area contributed by atoms with Crippen LogP contribution in [0.3, 0.4) is 0 Å². The molecule has 18 heavy (non-hydrogen) atoms. The van der Waals surface area contributed by atoms with E-state index in [-0.39, 0.29) is 21.6 Å². The molecule has 1 aromatic heterocycles. The molecule has 6 heteroatoms. The van der Waals surface area contributed by atoms with Crippen LogP contribution in [0.5, 0.6) is 0 Å². The summed E-state index contributed by atoms with van der Waals surface area (Å²) in [5.74, 6) is -1.16. The van der Waals surface area contributed by atoms with Gasteiger partial charge in [0.05, 0.1) is 5.69 Å². The summed E-state index contributed by atoms with van der Waals surface area (Å²) in [5.41, 5.74) is 0.142. The van der Waals surface area contributed by atoms with E-state index in [1.54, 1.807) is 12.1 Å². The SMILES string of the molecule is O=C(Nc1ccc(Cl)cc1F)c1cccc(Cl)n1. The van der Waals surface area contributed by atoms with Gasteiger partial charge in [-0.1, -0.05) is 29.3 Å². The number of carbonyl (C=O) groups is 1. The van der Waals surface area contributed by atoms with Crippen LogP contribution in [0.4, 0.5) is 10.1 Å². The predicted molar refractivity (Wildman–Crippen MR) is 68.6 cm³/mol. The van der Waals surface area contributed by atoms with Crippen LogP contribution in [0.25, 0.3) is 0 Å². The van der Waals surface area contributed by atoms with Gasteiger partial charge in [-0.15, -0.1) is 0 Å². The Balaban J connectivity index is 2.21. The average molecular weight is 285 g/mol. The van der Waals surface area contributed by atoms with Crippen molar-refractivity contribution in [1.29, 1.82) is 0 Å². The first-order chi connectivity index (χ1) is 8.56. The highest BCUT2D eigenvalue weighted by Crippen LogP contribution is 2.19. The first kappa shape index (κ1) is 12.8. The molecule has 0 aliphatic heterocycles. The molecule has 0 unspecified atom stereocenters. The number of hydrogen-bond donors (Lipinski definition) is 1. The van der Waals surface area contributed by atoms with Crippen LogP contribution in [0.2, 0.25) is 10.2 Å². The van der Waals surface area contributed by atoms with Gasteiger partial charge >= 0.3 is 0 Å². The lowest BCUT2D eigenvalue weighted by atomic mass is 10.3. The van der Waals surface area contributed by atoms with Gasteiger partial charge in [0.15, 0.2) is 0 Å². The number of rotatable bonds is 2. The largest absolute Gasteiger partial charge is 0.318 e. The molecule has 0 radical (unpaired) electrons. The lowest BCUT2D eigenvalue weighted by molar-refractivity contribution is 0.102. The zero-order valence-corrected chi connectivity index (χ0v) is 10.5. The second-order valence-electron chi connectivity index (χ2n) is 3.42. The summed E-state index contributed by atoms with van der Waals surface area (Å²) in [5, 5.41) is 2.84. The summed E-state index contributed by atoms with van der Waals surface area (Å²) in [7, 11) is 0. The van der Waals surface area contributed by atoms with Gasteiger partial charge in [-0.2, -0.15) is 0 Å². The Morgan fingerprint density at radius 1 is 1.22 bits per heavy atom. The van der Waals surface area contributed by atoms with Crippen LogP contribution in [0.15, 0.2) is 36.4 Å². The molecule has 0 aliphatic rings. The van der Waals surface area contributed by atoms with E-state index in [0.717, 1.165) is 6.07 Å². The van der Waals surface area contributed by atoms with Crippen molar-refractivity contribution in [3.05, 3.63) is 58.1 Å². The highest BCUT2D eigenvalue weighted by molar-refractivity contribution is 6.30. The second kappa shape index (κ2) is 5.33. The monoisotopic (exact) mass is 284 g/mol. The molecule has 0 spiro atoms. The highest BCUT2D eigenvalue weighted by atomic mass is 35.5. The molecule has 0 saturated heterocycles. The molecule has 0 fully saturated rings. The maximum Gasteiger partial charge on any atom is 0.274 e. The Bertz CT molecular complexity index is 604. The number of nitrogens with one attached hydrogen (secondary N) is 1. The molecule has 0 aliphatic carbocycles. The maximum absolute atomic E-state index is 13.5. The van der Waals surface area contributed by atoms with Crippen LogP contribution in [-0.2, 0) is 0 Å². The Morgan fingerprint density at radius 2 is 2.00 bits per heavy atom. The third-order valence-corrected chi connectivity index (χ3v) is 2.57. The van der Waals surface area contributed by atoms with E-state index in [9.17, 15) is 9.18 Å². The summed E-state index contributed by atoms with van der Waals surface area (Å²) in [4.78, 5) is 15.6. The molecular weight excluding hydrogens is 278 g/mol. The molecule has 1 heterocycles. The number of carbonyl (C=O) groups excluding carboxylic acids is 1. The molecule has 1 aromatic carbocycles. The number of halogens is 3. The number of hydrogen-bond acceptors (Lipinski definition) is 2. The molecule has 2 rings (SSSR count). The van der Waals surface area contributed by atoms with Gasteiger partial charge in [0.1, 0.15) is 16.7 Å². The zero-order chi connectivity index (χ0) is 13.1. The fourth-order valence-corrected chi connectivity index (χ4v) is 1.63. The summed E-state index contributed by atoms with van der Waals surface area (Å²) < 4.78 is 13.5. The Morgan fingerprint density at radius 3 is 2.67 bits per heavy atom. The summed E-state index contributed by atoms with van der Waals surface area (Å²) in [6, 6.07) is 8.58. The van der Waals surface area contributed by atoms with Crippen molar-refractivity contribution in [2.24, 2.45) is 0 Å². The highest BCUT2D eigenvalue weighted by Gasteiger charge is 2.11. The van der Waals surface area contributed by atoms with Gasteiger partial charge in [0.2, 0.25) is 0 Å². The van der Waals surface area contributed by atoms with E-state index in [1.807, 2.05) is 0 Å². The van der Waals surface area contributed by atoms with Crippen LogP contribution in [0.1, 0.15) is 10.5 Å². The molecule has 0 atom stereocenters. The molecule has 1 N–H and O–H groups in total. The fourth-order valence-electron chi connectivity index (χ4n) is 1.31. The molecule has 3 nitrogen and oxygen atoms in total. The second-order valence-corrected chi connectivity index (χ2v) is 4.25. The van der Waals surface area contributed by atoms with E-state index in [0.29, 0.717) is 0 Å². The van der Waals surface area contributed by atoms with Gasteiger partial charge in [-0.25, -0.2) is 9.37 Å². The molecular formula is C12H7Cl2FN2O. The average Bonchev–Trinajstić information content (AvgIpc) is 2.32. The van der Waals surface area contributed by atoms with Gasteiger partial charge in [0.25, 0.3) is 5.91 Å². The molecule has 0 bridgehead atoms. The van der Waals surface area contributed by atoms with Crippen molar-refractivity contribution < 1.29 is 9.18 Å². The van der Waals surface area contributed by atoms with Crippen molar-refractivity contribution in [2.75, 3.05) is 5.32 Å². The van der Waals surface area contributed by atoms with Crippen molar-refractivity contribution in [3.8, 4) is 0 Å². The third kappa shape index (κ3) is 2.97. The van der Waals surface area contributed by atoms with Crippen LogP contribution in [0, 0.1) is 5.82 Å². The van der Waals surface area contributed by atoms with E-state index in [4.69, 9.17) is 23.2 Å². The summed E-state index contributed by atoms with van der Waals surface area (Å²) in [6.07, 6.45) is 0. The minimum absolute atomic E-state index is 0.0335. The van der Waals surface area contributed by atoms with Crippen molar-refractivity contribution in [1.82, 2.24) is 4.98 Å². The van der Waals surface area contributed by atoms with Crippen LogP contribution in [-0.4, -0.2) is 10.9 Å². The zero-order valence-electron chi connectivity index (χ0n) is 8.95. The molecule has 0 saturated carbocycles. The minimum Gasteiger partial charge on any atom is -0.318 e. The van der Waals surface area contributed by atoms with Crippen molar-refractivity contribution >= 4 is 34.8 Å². The number of aromatic nitrogens is 1. The summed E-state index contributed by atoms with van der Waals surface area (Å²) in [6.45, 7) is 0. The Hall–Kier alpha value is -1.65. The Labute approximate surface area is 113 Å². The lowest BCUT2D eigenvalue weighted by Crippen LogP contribution is -2.14. The standard InChI is InChI=1S/C12H7Cl2FN2O/c13-7-4-5-9(8(15)6-7)17-12(18)10-2-1-3-11(14)16-10/h1-6H,(H,17,18). The topological polar surface area (TPSA) is 42.0 Å². The molecule has 1 amide bonds. The van der Waals surface area contributed by atoms with E-state index < -0.39 is 11.7 Å². The van der Waals surface area contributed by atoms with Gasteiger partial charge < -0.3 is 5.32 Å². The number of anilines is 1.